The molecule has 28 heavy (non-hydrogen) atoms. The Labute approximate surface area is 166 Å². The number of pyridine rings is 1. The van der Waals surface area contributed by atoms with Crippen LogP contribution >= 0.6 is 10.6 Å². The van der Waals surface area contributed by atoms with Gasteiger partial charge in [0, 0.05) is 47.7 Å². The van der Waals surface area contributed by atoms with Gasteiger partial charge < -0.3 is 9.88 Å². The number of anilines is 1. The lowest BCUT2D eigenvalue weighted by molar-refractivity contribution is 0.488. The maximum atomic E-state index is 12.6. The van der Waals surface area contributed by atoms with Gasteiger partial charge in [0.15, 0.2) is 0 Å². The van der Waals surface area contributed by atoms with Gasteiger partial charge in [-0.25, -0.2) is 0 Å². The lowest BCUT2D eigenvalue weighted by Crippen LogP contribution is -2.16. The molecule has 5 nitrogen and oxygen atoms in total. The molecule has 0 amide bonds. The van der Waals surface area contributed by atoms with E-state index in [4.69, 9.17) is 0 Å². The van der Waals surface area contributed by atoms with Crippen molar-refractivity contribution in [2.75, 3.05) is 17.6 Å². The van der Waals surface area contributed by atoms with Crippen LogP contribution in [0.4, 0.5) is 5.69 Å². The molecule has 1 aliphatic carbocycles. The van der Waals surface area contributed by atoms with Crippen LogP contribution in [-0.2, 0) is 7.05 Å². The fraction of sp³-hybridized carbons (Fsp3) is 0.318. The van der Waals surface area contributed by atoms with Crippen LogP contribution in [0.2, 0.25) is 0 Å². The average molecular weight is 399 g/mol. The molecule has 0 aliphatic heterocycles. The molecule has 3 aromatic rings. The topological polar surface area (TPSA) is 74.5 Å². The minimum Gasteiger partial charge on any atom is -0.384 e. The first kappa shape index (κ1) is 19.1. The number of hydrogen-bond donors (Lipinski definition) is 3. The van der Waals surface area contributed by atoms with E-state index < -0.39 is 10.6 Å². The Hall–Kier alpha value is -2.28. The molecule has 1 heterocycles. The molecule has 1 fully saturated rings. The first-order chi connectivity index (χ1) is 13.4. The molecule has 1 saturated carbocycles. The van der Waals surface area contributed by atoms with E-state index in [1.54, 1.807) is 24.6 Å². The standard InChI is InChI=1S/C22H26N2O3S/c1-3-28(26,27)16-10-11-21(23-13-15-8-9-15)19(12-16)20-14-24(2)22(25)18-7-5-4-6-17(18)20/h4-7,10-12,14-15,23,26-27H,3,8-9,13H2,1-2H3. The molecule has 4 rings (SSSR count). The van der Waals surface area contributed by atoms with E-state index in [0.717, 1.165) is 28.7 Å². The first-order valence-electron chi connectivity index (χ1n) is 9.63. The van der Waals surface area contributed by atoms with Gasteiger partial charge in [-0.1, -0.05) is 18.2 Å². The van der Waals surface area contributed by atoms with Crippen LogP contribution in [0.1, 0.15) is 19.8 Å². The van der Waals surface area contributed by atoms with Crippen LogP contribution in [0.5, 0.6) is 0 Å². The Balaban J connectivity index is 1.94. The van der Waals surface area contributed by atoms with E-state index in [2.05, 4.69) is 5.32 Å². The number of aryl methyl sites for hydroxylation is 1. The van der Waals surface area contributed by atoms with Gasteiger partial charge in [-0.15, -0.1) is 0 Å². The van der Waals surface area contributed by atoms with Crippen LogP contribution in [0.25, 0.3) is 21.9 Å². The summed E-state index contributed by atoms with van der Waals surface area (Å²) in [7, 11) is -1.08. The molecule has 0 atom stereocenters. The molecule has 0 saturated heterocycles. The summed E-state index contributed by atoms with van der Waals surface area (Å²) in [5.41, 5.74) is 2.70. The average Bonchev–Trinajstić information content (AvgIpc) is 3.53. The largest absolute Gasteiger partial charge is 0.384 e. The van der Waals surface area contributed by atoms with Crippen LogP contribution in [-0.4, -0.2) is 26.0 Å². The number of nitrogens with one attached hydrogen (secondary N) is 1. The Morgan fingerprint density at radius 2 is 1.82 bits per heavy atom. The quantitative estimate of drug-likeness (QED) is 0.536. The highest BCUT2D eigenvalue weighted by atomic mass is 32.3. The highest BCUT2D eigenvalue weighted by molar-refractivity contribution is 8.24. The third kappa shape index (κ3) is 3.55. The van der Waals surface area contributed by atoms with Gasteiger partial charge in [0.25, 0.3) is 5.56 Å². The number of fused-ring (bicyclic) bond motifs is 1. The third-order valence-corrected chi connectivity index (χ3v) is 7.24. The molecule has 1 aliphatic rings. The van der Waals surface area contributed by atoms with Gasteiger partial charge in [-0.3, -0.25) is 13.9 Å². The molecule has 6 heteroatoms. The zero-order chi connectivity index (χ0) is 19.9. The SMILES string of the molecule is CCS(O)(O)c1ccc(NCC2CC2)c(-c2cn(C)c(=O)c3ccccc23)c1. The summed E-state index contributed by atoms with van der Waals surface area (Å²) in [6.07, 6.45) is 4.34. The maximum absolute atomic E-state index is 12.6. The van der Waals surface area contributed by atoms with E-state index in [0.29, 0.717) is 16.2 Å². The third-order valence-electron chi connectivity index (χ3n) is 5.43. The molecular weight excluding hydrogens is 372 g/mol. The minimum absolute atomic E-state index is 0.0409. The first-order valence-corrected chi connectivity index (χ1v) is 11.3. The summed E-state index contributed by atoms with van der Waals surface area (Å²) in [6, 6.07) is 13.2. The lowest BCUT2D eigenvalue weighted by atomic mass is 9.99. The van der Waals surface area contributed by atoms with Crippen molar-refractivity contribution in [2.24, 2.45) is 13.0 Å². The Kier molecular flexibility index (Phi) is 4.95. The van der Waals surface area contributed by atoms with Crippen LogP contribution in [0.3, 0.4) is 0 Å². The molecular formula is C22H26N2O3S. The molecule has 0 radical (unpaired) electrons. The lowest BCUT2D eigenvalue weighted by Gasteiger charge is -2.31. The summed E-state index contributed by atoms with van der Waals surface area (Å²) in [6.45, 7) is 2.68. The number of rotatable bonds is 6. The summed E-state index contributed by atoms with van der Waals surface area (Å²) in [4.78, 5) is 13.1. The van der Waals surface area contributed by atoms with E-state index in [9.17, 15) is 13.9 Å². The Morgan fingerprint density at radius 3 is 2.50 bits per heavy atom. The number of nitrogens with zero attached hydrogens (tertiary/aromatic N) is 1. The minimum atomic E-state index is -2.83. The Morgan fingerprint density at radius 1 is 1.11 bits per heavy atom. The number of benzene rings is 2. The van der Waals surface area contributed by atoms with E-state index >= 15 is 0 Å². The summed E-state index contributed by atoms with van der Waals surface area (Å²) in [5, 5.41) is 5.05. The summed E-state index contributed by atoms with van der Waals surface area (Å²) >= 11 is 0. The maximum Gasteiger partial charge on any atom is 0.258 e. The van der Waals surface area contributed by atoms with Crippen molar-refractivity contribution in [3.8, 4) is 11.1 Å². The van der Waals surface area contributed by atoms with Crippen LogP contribution in [0.15, 0.2) is 58.4 Å². The molecule has 0 spiro atoms. The fourth-order valence-electron chi connectivity index (χ4n) is 3.48. The second-order valence-electron chi connectivity index (χ2n) is 7.49. The highest BCUT2D eigenvalue weighted by Gasteiger charge is 2.22. The molecule has 3 N–H and O–H groups in total. The van der Waals surface area contributed by atoms with Crippen LogP contribution < -0.4 is 10.9 Å². The monoisotopic (exact) mass is 398 g/mol. The van der Waals surface area contributed by atoms with Crippen molar-refractivity contribution >= 4 is 27.0 Å². The van der Waals surface area contributed by atoms with Gasteiger partial charge >= 0.3 is 0 Å². The molecule has 148 valence electrons. The van der Waals surface area contributed by atoms with Crippen molar-refractivity contribution in [2.45, 2.75) is 24.7 Å². The van der Waals surface area contributed by atoms with Gasteiger partial charge in [0.2, 0.25) is 0 Å². The van der Waals surface area contributed by atoms with E-state index in [-0.39, 0.29) is 11.3 Å². The van der Waals surface area contributed by atoms with Crippen molar-refractivity contribution in [3.63, 3.8) is 0 Å². The second kappa shape index (κ2) is 7.28. The van der Waals surface area contributed by atoms with Gasteiger partial charge in [0.05, 0.1) is 4.90 Å². The van der Waals surface area contributed by atoms with E-state index in [1.165, 1.54) is 12.8 Å². The van der Waals surface area contributed by atoms with Gasteiger partial charge in [-0.2, -0.15) is 10.6 Å². The normalized spacial score (nSPS) is 15.0. The second-order valence-corrected chi connectivity index (χ2v) is 9.87. The predicted octanol–water partition coefficient (Wildman–Crippen LogP) is 5.16. The summed E-state index contributed by atoms with van der Waals surface area (Å²) in [5.74, 6) is 0.982. The van der Waals surface area contributed by atoms with Crippen molar-refractivity contribution in [3.05, 3.63) is 59.0 Å². The highest BCUT2D eigenvalue weighted by Crippen LogP contribution is 2.50. The van der Waals surface area contributed by atoms with E-state index in [1.807, 2.05) is 42.6 Å². The zero-order valence-electron chi connectivity index (χ0n) is 16.2. The number of hydrogen-bond acceptors (Lipinski definition) is 4. The van der Waals surface area contributed by atoms with Crippen LogP contribution in [0, 0.1) is 5.92 Å². The molecule has 1 aromatic heterocycles. The van der Waals surface area contributed by atoms with Crippen molar-refractivity contribution in [1.82, 2.24) is 4.57 Å². The zero-order valence-corrected chi connectivity index (χ0v) is 17.0. The predicted molar refractivity (Wildman–Crippen MR) is 117 cm³/mol. The summed E-state index contributed by atoms with van der Waals surface area (Å²) < 4.78 is 22.5. The molecule has 2 aromatic carbocycles. The van der Waals surface area contributed by atoms with Gasteiger partial charge in [0.1, 0.15) is 0 Å². The van der Waals surface area contributed by atoms with Crippen molar-refractivity contribution < 1.29 is 9.11 Å². The van der Waals surface area contributed by atoms with Gasteiger partial charge in [-0.05, 0) is 55.3 Å². The smallest absolute Gasteiger partial charge is 0.258 e. The molecule has 0 bridgehead atoms. The van der Waals surface area contributed by atoms with Crippen molar-refractivity contribution in [1.29, 1.82) is 0 Å². The molecule has 0 unspecified atom stereocenters. The fourth-order valence-corrected chi connectivity index (χ4v) is 4.40. The number of aromatic nitrogens is 1. The Bertz CT molecular complexity index is 1090.